The van der Waals surface area contributed by atoms with E-state index in [0.29, 0.717) is 32.1 Å². The topological polar surface area (TPSA) is 90.5 Å². The van der Waals surface area contributed by atoms with Crippen LogP contribution in [-0.2, 0) is 16.4 Å². The maximum absolute atomic E-state index is 12.7. The van der Waals surface area contributed by atoms with E-state index < -0.39 is 10.0 Å². The lowest BCUT2D eigenvalue weighted by atomic mass is 10.2. The van der Waals surface area contributed by atoms with Gasteiger partial charge in [-0.1, -0.05) is 26.0 Å². The maximum atomic E-state index is 12.7. The molecule has 1 aliphatic rings. The van der Waals surface area contributed by atoms with Crippen LogP contribution in [0.3, 0.4) is 0 Å². The van der Waals surface area contributed by atoms with Crippen LogP contribution in [0, 0.1) is 11.3 Å². The molecular weight excluding hydrogens is 371 g/mol. The zero-order valence-electron chi connectivity index (χ0n) is 13.9. The summed E-state index contributed by atoms with van der Waals surface area (Å²) in [6.45, 7) is 6.24. The van der Waals surface area contributed by atoms with Gasteiger partial charge in [-0.3, -0.25) is 5.41 Å². The highest BCUT2D eigenvalue weighted by Crippen LogP contribution is 2.21. The summed E-state index contributed by atoms with van der Waals surface area (Å²) in [5.41, 5.74) is 6.51. The van der Waals surface area contributed by atoms with Gasteiger partial charge in [0.2, 0.25) is 5.96 Å². The predicted octanol–water partition coefficient (Wildman–Crippen LogP) is 1.93. The summed E-state index contributed by atoms with van der Waals surface area (Å²) in [6.07, 6.45) is 0.724. The fraction of sp³-hybridized carbons (Fsp3) is 0.533. The van der Waals surface area contributed by atoms with E-state index >= 15 is 0 Å². The molecule has 9 heteroatoms. The number of nitrogens with one attached hydrogen (secondary N) is 1. The van der Waals surface area contributed by atoms with Gasteiger partial charge in [-0.25, -0.2) is 12.7 Å². The Labute approximate surface area is 156 Å². The van der Waals surface area contributed by atoms with Crippen molar-refractivity contribution < 1.29 is 8.42 Å². The summed E-state index contributed by atoms with van der Waals surface area (Å²) in [4.78, 5) is 2.04. The lowest BCUT2D eigenvalue weighted by Gasteiger charge is -2.23. The van der Waals surface area contributed by atoms with Gasteiger partial charge in [0.15, 0.2) is 0 Å². The average molecular weight is 397 g/mol. The number of rotatable bonds is 6. The molecule has 1 aliphatic heterocycles. The minimum atomic E-state index is -3.65. The first-order valence-corrected chi connectivity index (χ1v) is 8.95. The third-order valence-electron chi connectivity index (χ3n) is 3.64. The van der Waals surface area contributed by atoms with Crippen LogP contribution in [0.1, 0.15) is 19.4 Å². The monoisotopic (exact) mass is 396 g/mol. The largest absolute Gasteiger partial charge is 0.340 e. The SMILES string of the molecule is CC(C)CN1CCN(S(=O)(=O)c2ccc(CCN)cc2)C1=N.Cl.Cl. The van der Waals surface area contributed by atoms with Crippen LogP contribution < -0.4 is 5.73 Å². The fourth-order valence-corrected chi connectivity index (χ4v) is 3.96. The Morgan fingerprint density at radius 1 is 1.17 bits per heavy atom. The number of hydrogen-bond acceptors (Lipinski definition) is 4. The van der Waals surface area contributed by atoms with Crippen LogP contribution in [0.5, 0.6) is 0 Å². The number of nitrogens with zero attached hydrogens (tertiary/aromatic N) is 2. The number of benzene rings is 1. The molecule has 1 fully saturated rings. The molecule has 3 N–H and O–H groups in total. The van der Waals surface area contributed by atoms with E-state index in [-0.39, 0.29) is 35.7 Å². The van der Waals surface area contributed by atoms with E-state index in [4.69, 9.17) is 11.1 Å². The summed E-state index contributed by atoms with van der Waals surface area (Å²) >= 11 is 0. The Bertz CT molecular complexity index is 635. The predicted molar refractivity (Wildman–Crippen MR) is 102 cm³/mol. The van der Waals surface area contributed by atoms with Crippen molar-refractivity contribution in [2.75, 3.05) is 26.2 Å². The molecule has 0 radical (unpaired) electrons. The van der Waals surface area contributed by atoms with Crippen molar-refractivity contribution in [2.45, 2.75) is 25.2 Å². The van der Waals surface area contributed by atoms with Gasteiger partial charge < -0.3 is 10.6 Å². The van der Waals surface area contributed by atoms with Gasteiger partial charge in [0.1, 0.15) is 0 Å². The molecule has 0 spiro atoms. The third kappa shape index (κ3) is 4.99. The first-order valence-electron chi connectivity index (χ1n) is 7.51. The van der Waals surface area contributed by atoms with Crippen molar-refractivity contribution >= 4 is 40.8 Å². The number of hydrogen-bond donors (Lipinski definition) is 2. The van der Waals surface area contributed by atoms with E-state index in [1.54, 1.807) is 24.3 Å². The normalized spacial score (nSPS) is 14.6. The maximum Gasteiger partial charge on any atom is 0.266 e. The van der Waals surface area contributed by atoms with Crippen LogP contribution in [-0.4, -0.2) is 49.8 Å². The molecule has 1 saturated heterocycles. The van der Waals surface area contributed by atoms with Crippen LogP contribution in [0.15, 0.2) is 29.2 Å². The molecule has 0 aliphatic carbocycles. The van der Waals surface area contributed by atoms with Gasteiger partial charge in [-0.05, 0) is 36.6 Å². The van der Waals surface area contributed by atoms with E-state index in [0.717, 1.165) is 12.0 Å². The number of nitrogens with two attached hydrogens (primary N) is 1. The molecule has 1 heterocycles. The minimum absolute atomic E-state index is 0. The number of halogens is 2. The Balaban J connectivity index is 0.00000264. The van der Waals surface area contributed by atoms with E-state index in [1.807, 2.05) is 4.90 Å². The molecular formula is C15H26Cl2N4O2S. The van der Waals surface area contributed by atoms with Gasteiger partial charge in [0.25, 0.3) is 10.0 Å². The van der Waals surface area contributed by atoms with Gasteiger partial charge in [-0.2, -0.15) is 0 Å². The van der Waals surface area contributed by atoms with E-state index in [2.05, 4.69) is 13.8 Å². The van der Waals surface area contributed by atoms with Crippen molar-refractivity contribution in [2.24, 2.45) is 11.7 Å². The smallest absolute Gasteiger partial charge is 0.266 e. The molecule has 0 amide bonds. The minimum Gasteiger partial charge on any atom is -0.340 e. The summed E-state index contributed by atoms with van der Waals surface area (Å²) in [6, 6.07) is 6.76. The van der Waals surface area contributed by atoms with Gasteiger partial charge in [-0.15, -0.1) is 24.8 Å². The van der Waals surface area contributed by atoms with Crippen molar-refractivity contribution in [1.82, 2.24) is 9.21 Å². The summed E-state index contributed by atoms with van der Waals surface area (Å²) in [7, 11) is -3.65. The highest BCUT2D eigenvalue weighted by atomic mass is 35.5. The molecule has 0 saturated carbocycles. The molecule has 0 unspecified atom stereocenters. The van der Waals surface area contributed by atoms with Gasteiger partial charge >= 0.3 is 0 Å². The molecule has 138 valence electrons. The number of sulfonamides is 1. The van der Waals surface area contributed by atoms with Crippen molar-refractivity contribution in [3.63, 3.8) is 0 Å². The molecule has 0 aromatic heterocycles. The first-order chi connectivity index (χ1) is 10.4. The average Bonchev–Trinajstić information content (AvgIpc) is 2.81. The van der Waals surface area contributed by atoms with E-state index in [9.17, 15) is 8.42 Å². The second-order valence-corrected chi connectivity index (χ2v) is 7.79. The van der Waals surface area contributed by atoms with Crippen LogP contribution >= 0.6 is 24.8 Å². The van der Waals surface area contributed by atoms with Crippen molar-refractivity contribution in [3.8, 4) is 0 Å². The first kappa shape index (κ1) is 23.0. The Morgan fingerprint density at radius 3 is 2.25 bits per heavy atom. The molecule has 6 nitrogen and oxygen atoms in total. The molecule has 24 heavy (non-hydrogen) atoms. The zero-order valence-corrected chi connectivity index (χ0v) is 16.4. The van der Waals surface area contributed by atoms with Crippen LogP contribution in [0.2, 0.25) is 0 Å². The molecule has 2 rings (SSSR count). The summed E-state index contributed by atoms with van der Waals surface area (Å²) < 4.78 is 26.5. The lowest BCUT2D eigenvalue weighted by Crippen LogP contribution is -2.38. The molecule has 0 atom stereocenters. The number of guanidine groups is 1. The zero-order chi connectivity index (χ0) is 16.3. The summed E-state index contributed by atoms with van der Waals surface area (Å²) in [5, 5.41) is 8.13. The second kappa shape index (κ2) is 9.46. The Hall–Kier alpha value is -1.02. The Kier molecular flexibility index (Phi) is 9.06. The van der Waals surface area contributed by atoms with Crippen molar-refractivity contribution in [3.05, 3.63) is 29.8 Å². The highest BCUT2D eigenvalue weighted by molar-refractivity contribution is 7.89. The highest BCUT2D eigenvalue weighted by Gasteiger charge is 2.35. The molecule has 0 bridgehead atoms. The molecule has 1 aromatic carbocycles. The second-order valence-electron chi connectivity index (χ2n) is 5.92. The van der Waals surface area contributed by atoms with Crippen LogP contribution in [0.25, 0.3) is 0 Å². The van der Waals surface area contributed by atoms with Gasteiger partial charge in [0.05, 0.1) is 11.4 Å². The quantitative estimate of drug-likeness (QED) is 0.768. The lowest BCUT2D eigenvalue weighted by molar-refractivity contribution is 0.394. The standard InChI is InChI=1S/C15H24N4O2S.2ClH/c1-12(2)11-18-9-10-19(15(18)17)22(20,21)14-5-3-13(4-6-14)7-8-16;;/h3-6,12,17H,7-11,16H2,1-2H3;2*1H. The summed E-state index contributed by atoms with van der Waals surface area (Å²) in [5.74, 6) is 0.457. The van der Waals surface area contributed by atoms with Crippen LogP contribution in [0.4, 0.5) is 0 Å². The molecule has 1 aromatic rings. The van der Waals surface area contributed by atoms with Crippen molar-refractivity contribution in [1.29, 1.82) is 5.41 Å². The fourth-order valence-electron chi connectivity index (χ4n) is 2.56. The Morgan fingerprint density at radius 2 is 1.75 bits per heavy atom. The third-order valence-corrected chi connectivity index (χ3v) is 5.44. The van der Waals surface area contributed by atoms with E-state index in [1.165, 1.54) is 4.31 Å². The van der Waals surface area contributed by atoms with Gasteiger partial charge in [0, 0.05) is 13.1 Å².